The highest BCUT2D eigenvalue weighted by Crippen LogP contribution is 2.26. The second-order valence-corrected chi connectivity index (χ2v) is 6.87. The minimum absolute atomic E-state index is 0.487. The second-order valence-electron chi connectivity index (χ2n) is 6.87. The van der Waals surface area contributed by atoms with Crippen molar-refractivity contribution in [3.63, 3.8) is 0 Å². The van der Waals surface area contributed by atoms with E-state index in [-0.39, 0.29) is 0 Å². The Morgan fingerprint density at radius 3 is 2.88 bits per heavy atom. The van der Waals surface area contributed by atoms with E-state index in [4.69, 9.17) is 8.83 Å². The highest BCUT2D eigenvalue weighted by Gasteiger charge is 2.27. The van der Waals surface area contributed by atoms with Crippen molar-refractivity contribution in [2.75, 3.05) is 6.54 Å². The number of likely N-dealkylation sites (tertiary alicyclic amines) is 1. The lowest BCUT2D eigenvalue weighted by molar-refractivity contribution is 0.215. The average molecular weight is 340 g/mol. The van der Waals surface area contributed by atoms with Crippen molar-refractivity contribution in [2.45, 2.75) is 52.7 Å². The van der Waals surface area contributed by atoms with Crippen molar-refractivity contribution in [3.05, 3.63) is 47.3 Å². The molecule has 1 aliphatic heterocycles. The lowest BCUT2D eigenvalue weighted by atomic mass is 10.2. The van der Waals surface area contributed by atoms with Crippen LogP contribution in [0.5, 0.6) is 0 Å². The van der Waals surface area contributed by atoms with E-state index in [0.717, 1.165) is 36.8 Å². The first kappa shape index (κ1) is 16.1. The molecule has 6 nitrogen and oxygen atoms in total. The summed E-state index contributed by atoms with van der Waals surface area (Å²) in [6.07, 6.45) is 4.05. The van der Waals surface area contributed by atoms with Crippen molar-refractivity contribution < 1.29 is 8.83 Å². The molecule has 1 saturated heterocycles. The number of nitrogens with zero attached hydrogens (tertiary/aromatic N) is 4. The Morgan fingerprint density at radius 1 is 1.28 bits per heavy atom. The van der Waals surface area contributed by atoms with E-state index < -0.39 is 0 Å². The molecule has 1 aliphatic rings. The van der Waals surface area contributed by atoms with E-state index in [1.165, 1.54) is 18.5 Å². The zero-order valence-corrected chi connectivity index (χ0v) is 15.0. The van der Waals surface area contributed by atoms with E-state index in [0.29, 0.717) is 17.7 Å². The Kier molecular flexibility index (Phi) is 4.21. The van der Waals surface area contributed by atoms with Gasteiger partial charge in [-0.1, -0.05) is 0 Å². The summed E-state index contributed by atoms with van der Waals surface area (Å²) in [4.78, 5) is 7.15. The number of furan rings is 1. The van der Waals surface area contributed by atoms with Gasteiger partial charge in [0.1, 0.15) is 5.76 Å². The third-order valence-electron chi connectivity index (χ3n) is 4.96. The van der Waals surface area contributed by atoms with Gasteiger partial charge in [0.25, 0.3) is 5.89 Å². The van der Waals surface area contributed by atoms with Crippen LogP contribution in [0, 0.1) is 20.8 Å². The second kappa shape index (κ2) is 6.52. The summed E-state index contributed by atoms with van der Waals surface area (Å²) in [5.74, 6) is 2.10. The maximum absolute atomic E-state index is 5.80. The van der Waals surface area contributed by atoms with Gasteiger partial charge < -0.3 is 8.83 Å². The molecule has 0 bridgehead atoms. The number of aryl methyl sites for hydroxylation is 3. The molecule has 0 saturated carbocycles. The fourth-order valence-electron chi connectivity index (χ4n) is 3.64. The first-order valence-corrected chi connectivity index (χ1v) is 8.85. The van der Waals surface area contributed by atoms with Crippen LogP contribution in [-0.4, -0.2) is 32.3 Å². The molecule has 3 aromatic heterocycles. The lowest BCUT2D eigenvalue weighted by Gasteiger charge is -2.24. The van der Waals surface area contributed by atoms with Crippen molar-refractivity contribution >= 4 is 0 Å². The van der Waals surface area contributed by atoms with Gasteiger partial charge in [-0.25, -0.2) is 4.98 Å². The highest BCUT2D eigenvalue weighted by atomic mass is 16.4. The molecule has 0 radical (unpaired) electrons. The van der Waals surface area contributed by atoms with E-state index in [9.17, 15) is 0 Å². The van der Waals surface area contributed by atoms with Crippen LogP contribution in [0.3, 0.4) is 0 Å². The minimum Gasteiger partial charge on any atom is -0.459 e. The molecular weight excluding hydrogens is 316 g/mol. The zero-order valence-electron chi connectivity index (χ0n) is 15.0. The van der Waals surface area contributed by atoms with Gasteiger partial charge in [0.2, 0.25) is 0 Å². The molecule has 0 amide bonds. The van der Waals surface area contributed by atoms with Crippen LogP contribution in [0.2, 0.25) is 0 Å². The number of hydrogen-bond donors (Lipinski definition) is 0. The molecule has 0 spiro atoms. The van der Waals surface area contributed by atoms with Crippen LogP contribution in [0.15, 0.2) is 33.3 Å². The largest absolute Gasteiger partial charge is 0.459 e. The van der Waals surface area contributed by atoms with E-state index in [1.54, 1.807) is 6.26 Å². The summed E-state index contributed by atoms with van der Waals surface area (Å²) in [5, 5.41) is 4.61. The first-order valence-electron chi connectivity index (χ1n) is 8.85. The molecule has 0 unspecified atom stereocenters. The quantitative estimate of drug-likeness (QED) is 0.708. The van der Waals surface area contributed by atoms with Crippen LogP contribution < -0.4 is 0 Å². The first-order chi connectivity index (χ1) is 12.1. The summed E-state index contributed by atoms with van der Waals surface area (Å²) in [5.41, 5.74) is 3.30. The Labute approximate surface area is 147 Å². The predicted octanol–water partition coefficient (Wildman–Crippen LogP) is 3.72. The molecule has 0 aromatic carbocycles. The number of hydrogen-bond acceptors (Lipinski definition) is 5. The van der Waals surface area contributed by atoms with E-state index in [1.807, 2.05) is 26.0 Å². The fourth-order valence-corrected chi connectivity index (χ4v) is 3.64. The molecule has 1 atom stereocenters. The van der Waals surface area contributed by atoms with Crippen molar-refractivity contribution in [1.82, 2.24) is 19.7 Å². The van der Waals surface area contributed by atoms with E-state index in [2.05, 4.69) is 32.7 Å². The summed E-state index contributed by atoms with van der Waals surface area (Å²) in [7, 11) is 0. The number of rotatable bonds is 5. The molecular formula is C19H24N4O2. The topological polar surface area (TPSA) is 60.2 Å². The van der Waals surface area contributed by atoms with Gasteiger partial charge in [-0.2, -0.15) is 5.10 Å². The lowest BCUT2D eigenvalue weighted by Crippen LogP contribution is -2.33. The Balaban J connectivity index is 1.49. The molecule has 0 N–H and O–H groups in total. The van der Waals surface area contributed by atoms with E-state index >= 15 is 0 Å². The molecule has 25 heavy (non-hydrogen) atoms. The maximum atomic E-state index is 5.80. The molecule has 132 valence electrons. The van der Waals surface area contributed by atoms with Crippen LogP contribution >= 0.6 is 0 Å². The van der Waals surface area contributed by atoms with Gasteiger partial charge in [-0.3, -0.25) is 9.58 Å². The smallest absolute Gasteiger partial charge is 0.263 e. The molecule has 6 heteroatoms. The normalized spacial score (nSPS) is 18.3. The van der Waals surface area contributed by atoms with Crippen molar-refractivity contribution in [3.8, 4) is 11.7 Å². The van der Waals surface area contributed by atoms with Crippen LogP contribution in [0.25, 0.3) is 11.7 Å². The van der Waals surface area contributed by atoms with Crippen LogP contribution in [0.1, 0.15) is 35.7 Å². The summed E-state index contributed by atoms with van der Waals surface area (Å²) < 4.78 is 13.3. The van der Waals surface area contributed by atoms with Crippen LogP contribution in [0.4, 0.5) is 0 Å². The zero-order chi connectivity index (χ0) is 17.4. The maximum Gasteiger partial charge on any atom is 0.263 e. The summed E-state index contributed by atoms with van der Waals surface area (Å²) in [6, 6.07) is 6.34. The fraction of sp³-hybridized carbons (Fsp3) is 0.474. The summed E-state index contributed by atoms with van der Waals surface area (Å²) >= 11 is 0. The van der Waals surface area contributed by atoms with Gasteiger partial charge in [-0.15, -0.1) is 0 Å². The Morgan fingerprint density at radius 2 is 2.16 bits per heavy atom. The van der Waals surface area contributed by atoms with Crippen molar-refractivity contribution in [2.24, 2.45) is 0 Å². The monoisotopic (exact) mass is 340 g/mol. The van der Waals surface area contributed by atoms with Crippen molar-refractivity contribution in [1.29, 1.82) is 0 Å². The molecule has 4 heterocycles. The third kappa shape index (κ3) is 3.26. The van der Waals surface area contributed by atoms with Gasteiger partial charge in [0, 0.05) is 18.3 Å². The minimum atomic E-state index is 0.487. The molecule has 1 fully saturated rings. The third-order valence-corrected chi connectivity index (χ3v) is 4.96. The predicted molar refractivity (Wildman–Crippen MR) is 94.1 cm³/mol. The molecule has 3 aromatic rings. The average Bonchev–Trinajstić information content (AvgIpc) is 3.32. The molecule has 4 rings (SSSR count). The molecule has 0 aliphatic carbocycles. The SMILES string of the molecule is Cc1cc(C)n(C[C@@H]2CCCN2Cc2nc(-c3ccco3)oc2C)n1. The Bertz CT molecular complexity index is 847. The van der Waals surface area contributed by atoms with Gasteiger partial charge in [0.15, 0.2) is 5.76 Å². The Hall–Kier alpha value is -2.34. The number of aromatic nitrogens is 3. The number of oxazole rings is 1. The highest BCUT2D eigenvalue weighted by molar-refractivity contribution is 5.44. The van der Waals surface area contributed by atoms with Gasteiger partial charge >= 0.3 is 0 Å². The van der Waals surface area contributed by atoms with Crippen LogP contribution in [-0.2, 0) is 13.1 Å². The van der Waals surface area contributed by atoms with Gasteiger partial charge in [-0.05, 0) is 58.4 Å². The standard InChI is InChI=1S/C19H24N4O2/c1-13-10-14(2)23(21-13)11-16-6-4-8-22(16)12-17-15(3)25-19(20-17)18-7-5-9-24-18/h5,7,9-10,16H,4,6,8,11-12H2,1-3H3/t16-/m0/s1. The summed E-state index contributed by atoms with van der Waals surface area (Å²) in [6.45, 7) is 8.97. The van der Waals surface area contributed by atoms with Gasteiger partial charge in [0.05, 0.1) is 24.2 Å².